The second kappa shape index (κ2) is 10.0. The topological polar surface area (TPSA) is 6.48 Å². The fourth-order valence-corrected chi connectivity index (χ4v) is 4.08. The third kappa shape index (κ3) is 6.07. The summed E-state index contributed by atoms with van der Waals surface area (Å²) < 4.78 is 0. The van der Waals surface area contributed by atoms with Gasteiger partial charge in [0.15, 0.2) is 0 Å². The molecule has 0 atom stereocenters. The molecule has 2 heteroatoms. The Kier molecular flexibility index (Phi) is 7.38. The van der Waals surface area contributed by atoms with Crippen LogP contribution in [0.25, 0.3) is 6.08 Å². The minimum atomic E-state index is 0.961. The molecule has 2 aliphatic rings. The molecule has 0 bridgehead atoms. The van der Waals surface area contributed by atoms with Crippen LogP contribution in [0.3, 0.4) is 0 Å². The van der Waals surface area contributed by atoms with Crippen molar-refractivity contribution in [2.75, 3.05) is 39.3 Å². The van der Waals surface area contributed by atoms with Crippen molar-refractivity contribution in [3.63, 3.8) is 0 Å². The zero-order chi connectivity index (χ0) is 16.5. The van der Waals surface area contributed by atoms with E-state index in [1.807, 2.05) is 0 Å². The molecule has 132 valence electrons. The molecule has 0 aromatic heterocycles. The number of likely N-dealkylation sites (tertiary alicyclic amines) is 2. The molecule has 2 aliphatic heterocycles. The van der Waals surface area contributed by atoms with Crippen LogP contribution in [-0.4, -0.2) is 49.1 Å². The summed E-state index contributed by atoms with van der Waals surface area (Å²) in [6.07, 6.45) is 14.5. The van der Waals surface area contributed by atoms with E-state index in [0.29, 0.717) is 0 Å². The van der Waals surface area contributed by atoms with E-state index in [1.54, 1.807) is 0 Å². The van der Waals surface area contributed by atoms with Crippen LogP contribution in [0.15, 0.2) is 36.4 Å². The number of piperidine rings is 1. The van der Waals surface area contributed by atoms with Crippen molar-refractivity contribution in [2.45, 2.75) is 44.9 Å². The summed E-state index contributed by atoms with van der Waals surface area (Å²) in [6, 6.07) is 10.6. The summed E-state index contributed by atoms with van der Waals surface area (Å²) in [5.74, 6) is 0.961. The summed E-state index contributed by atoms with van der Waals surface area (Å²) in [7, 11) is 0. The maximum atomic E-state index is 2.72. The highest BCUT2D eigenvalue weighted by Crippen LogP contribution is 2.21. The molecule has 1 aromatic carbocycles. The Bertz CT molecular complexity index is 466. The predicted molar refractivity (Wildman–Crippen MR) is 104 cm³/mol. The van der Waals surface area contributed by atoms with Crippen LogP contribution in [0.5, 0.6) is 0 Å². The Balaban J connectivity index is 1.31. The third-order valence-electron chi connectivity index (χ3n) is 5.73. The standard InChI is InChI=1S/C22H34N2/c1-2-7-16-23(15-6-1)18-12-22-13-19-24(20-14-22)17-8-11-21-9-4-3-5-10-21/h3-5,8-11,22H,1-2,6-7,12-20H2/b11-8+. The molecule has 0 aliphatic carbocycles. The Morgan fingerprint density at radius 2 is 1.54 bits per heavy atom. The van der Waals surface area contributed by atoms with E-state index in [-0.39, 0.29) is 0 Å². The minimum Gasteiger partial charge on any atom is -0.303 e. The number of hydrogen-bond acceptors (Lipinski definition) is 2. The summed E-state index contributed by atoms with van der Waals surface area (Å²) in [5, 5.41) is 0. The summed E-state index contributed by atoms with van der Waals surface area (Å²) >= 11 is 0. The average Bonchev–Trinajstić information content (AvgIpc) is 2.91. The first kappa shape index (κ1) is 17.7. The molecule has 2 nitrogen and oxygen atoms in total. The Morgan fingerprint density at radius 1 is 0.833 bits per heavy atom. The molecule has 24 heavy (non-hydrogen) atoms. The highest BCUT2D eigenvalue weighted by atomic mass is 15.1. The molecule has 0 amide bonds. The summed E-state index contributed by atoms with van der Waals surface area (Å²) in [6.45, 7) is 7.71. The van der Waals surface area contributed by atoms with Gasteiger partial charge in [0.2, 0.25) is 0 Å². The molecule has 0 radical (unpaired) electrons. The van der Waals surface area contributed by atoms with Gasteiger partial charge in [-0.25, -0.2) is 0 Å². The molecular formula is C22H34N2. The molecule has 0 saturated carbocycles. The molecule has 0 spiro atoms. The lowest BCUT2D eigenvalue weighted by atomic mass is 9.93. The monoisotopic (exact) mass is 326 g/mol. The van der Waals surface area contributed by atoms with Gasteiger partial charge in [0, 0.05) is 6.54 Å². The summed E-state index contributed by atoms with van der Waals surface area (Å²) in [4.78, 5) is 5.34. The normalized spacial score (nSPS) is 22.0. The lowest BCUT2D eigenvalue weighted by Gasteiger charge is -2.32. The van der Waals surface area contributed by atoms with Gasteiger partial charge in [0.1, 0.15) is 0 Å². The largest absolute Gasteiger partial charge is 0.303 e. The van der Waals surface area contributed by atoms with Crippen molar-refractivity contribution < 1.29 is 0 Å². The molecule has 3 rings (SSSR count). The summed E-state index contributed by atoms with van der Waals surface area (Å²) in [5.41, 5.74) is 1.31. The van der Waals surface area contributed by atoms with Crippen LogP contribution in [0, 0.1) is 5.92 Å². The van der Waals surface area contributed by atoms with Crippen molar-refractivity contribution in [2.24, 2.45) is 5.92 Å². The van der Waals surface area contributed by atoms with E-state index >= 15 is 0 Å². The second-order valence-corrected chi connectivity index (χ2v) is 7.60. The van der Waals surface area contributed by atoms with Crippen LogP contribution < -0.4 is 0 Å². The lowest BCUT2D eigenvalue weighted by molar-refractivity contribution is 0.176. The smallest absolute Gasteiger partial charge is 0.0166 e. The number of nitrogens with zero attached hydrogens (tertiary/aromatic N) is 2. The lowest BCUT2D eigenvalue weighted by Crippen LogP contribution is -2.35. The van der Waals surface area contributed by atoms with E-state index in [0.717, 1.165) is 12.5 Å². The molecule has 2 saturated heterocycles. The van der Waals surface area contributed by atoms with Crippen LogP contribution in [0.4, 0.5) is 0 Å². The number of rotatable bonds is 6. The zero-order valence-corrected chi connectivity index (χ0v) is 15.2. The first-order valence-corrected chi connectivity index (χ1v) is 10.1. The minimum absolute atomic E-state index is 0.961. The Morgan fingerprint density at radius 3 is 2.25 bits per heavy atom. The maximum Gasteiger partial charge on any atom is 0.0166 e. The molecule has 2 heterocycles. The van der Waals surface area contributed by atoms with Crippen LogP contribution in [0.2, 0.25) is 0 Å². The van der Waals surface area contributed by atoms with Gasteiger partial charge >= 0.3 is 0 Å². The molecule has 0 unspecified atom stereocenters. The Labute approximate surface area is 148 Å². The van der Waals surface area contributed by atoms with Gasteiger partial charge in [-0.1, -0.05) is 55.3 Å². The highest BCUT2D eigenvalue weighted by Gasteiger charge is 2.19. The van der Waals surface area contributed by atoms with E-state index in [1.165, 1.54) is 83.2 Å². The quantitative estimate of drug-likeness (QED) is 0.749. The maximum absolute atomic E-state index is 2.72. The van der Waals surface area contributed by atoms with E-state index < -0.39 is 0 Å². The highest BCUT2D eigenvalue weighted by molar-refractivity contribution is 5.48. The first-order valence-electron chi connectivity index (χ1n) is 10.1. The fourth-order valence-electron chi connectivity index (χ4n) is 4.08. The van der Waals surface area contributed by atoms with Gasteiger partial charge in [-0.3, -0.25) is 4.90 Å². The van der Waals surface area contributed by atoms with Crippen LogP contribution in [0.1, 0.15) is 50.5 Å². The van der Waals surface area contributed by atoms with Gasteiger partial charge < -0.3 is 4.90 Å². The molecular weight excluding hydrogens is 292 g/mol. The van der Waals surface area contributed by atoms with Crippen LogP contribution in [-0.2, 0) is 0 Å². The SMILES string of the molecule is C(=C\c1ccccc1)/CN1CCC(CCN2CCCCCC2)CC1. The fraction of sp³-hybridized carbons (Fsp3) is 0.636. The van der Waals surface area contributed by atoms with E-state index in [4.69, 9.17) is 0 Å². The average molecular weight is 327 g/mol. The number of benzene rings is 1. The van der Waals surface area contributed by atoms with Gasteiger partial charge in [-0.15, -0.1) is 0 Å². The zero-order valence-electron chi connectivity index (χ0n) is 15.2. The van der Waals surface area contributed by atoms with Crippen molar-refractivity contribution in [1.29, 1.82) is 0 Å². The van der Waals surface area contributed by atoms with Crippen molar-refractivity contribution in [1.82, 2.24) is 9.80 Å². The van der Waals surface area contributed by atoms with Crippen molar-refractivity contribution >= 4 is 6.08 Å². The third-order valence-corrected chi connectivity index (χ3v) is 5.73. The van der Waals surface area contributed by atoms with E-state index in [9.17, 15) is 0 Å². The second-order valence-electron chi connectivity index (χ2n) is 7.60. The number of hydrogen-bond donors (Lipinski definition) is 0. The molecule has 0 N–H and O–H groups in total. The van der Waals surface area contributed by atoms with Gasteiger partial charge in [-0.2, -0.15) is 0 Å². The molecule has 2 fully saturated rings. The Hall–Kier alpha value is -1.12. The van der Waals surface area contributed by atoms with E-state index in [2.05, 4.69) is 52.3 Å². The molecule has 1 aromatic rings. The first-order chi connectivity index (χ1) is 11.9. The van der Waals surface area contributed by atoms with Crippen molar-refractivity contribution in [3.05, 3.63) is 42.0 Å². The van der Waals surface area contributed by atoms with Crippen molar-refractivity contribution in [3.8, 4) is 0 Å². The van der Waals surface area contributed by atoms with Gasteiger partial charge in [0.25, 0.3) is 0 Å². The predicted octanol–water partition coefficient (Wildman–Crippen LogP) is 4.68. The van der Waals surface area contributed by atoms with Crippen LogP contribution >= 0.6 is 0 Å². The van der Waals surface area contributed by atoms with Gasteiger partial charge in [0.05, 0.1) is 0 Å². The van der Waals surface area contributed by atoms with Gasteiger partial charge in [-0.05, 0) is 76.3 Å².